The summed E-state index contributed by atoms with van der Waals surface area (Å²) in [4.78, 5) is 10.2. The fourth-order valence-electron chi connectivity index (χ4n) is 0.528. The first-order chi connectivity index (χ1) is 5.67. The summed E-state index contributed by atoms with van der Waals surface area (Å²) in [7, 11) is -1.60. The van der Waals surface area contributed by atoms with Gasteiger partial charge in [-0.1, -0.05) is 39.8 Å². The van der Waals surface area contributed by atoms with Gasteiger partial charge in [0.15, 0.2) is 0 Å². The normalized spacial score (nSPS) is 11.8. The van der Waals surface area contributed by atoms with Crippen LogP contribution in [0, 0.1) is 11.5 Å². The predicted molar refractivity (Wildman–Crippen MR) is 57.2 cm³/mol. The van der Waals surface area contributed by atoms with Gasteiger partial charge < -0.3 is 5.11 Å². The van der Waals surface area contributed by atoms with Gasteiger partial charge in [-0.05, 0) is 5.04 Å². The van der Waals surface area contributed by atoms with Gasteiger partial charge in [0.1, 0.15) is 14.5 Å². The Bertz CT molecular complexity index is 250. The Morgan fingerprint density at radius 3 is 2.15 bits per heavy atom. The van der Waals surface area contributed by atoms with Crippen LogP contribution in [0.3, 0.4) is 0 Å². The molecule has 0 heterocycles. The van der Waals surface area contributed by atoms with Gasteiger partial charge in [-0.3, -0.25) is 4.79 Å². The Kier molecular flexibility index (Phi) is 3.74. The van der Waals surface area contributed by atoms with Crippen LogP contribution < -0.4 is 0 Å². The summed E-state index contributed by atoms with van der Waals surface area (Å²) in [5.74, 6) is 1.90. The van der Waals surface area contributed by atoms with Gasteiger partial charge in [0.2, 0.25) is 0 Å². The minimum Gasteiger partial charge on any atom is -0.481 e. The summed E-state index contributed by atoms with van der Waals surface area (Å²) in [5.41, 5.74) is 3.14. The van der Waals surface area contributed by atoms with E-state index in [0.29, 0.717) is 0 Å². The molecule has 0 atom stereocenters. The largest absolute Gasteiger partial charge is 0.481 e. The van der Waals surface area contributed by atoms with Crippen LogP contribution in [0.15, 0.2) is 0 Å². The summed E-state index contributed by atoms with van der Waals surface area (Å²) in [6.45, 7) is 10.8. The molecule has 0 aromatic carbocycles. The lowest BCUT2D eigenvalue weighted by molar-refractivity contribution is -0.135. The molecule has 1 N–H and O–H groups in total. The zero-order valence-corrected chi connectivity index (χ0v) is 10.1. The third-order valence-corrected chi connectivity index (χ3v) is 7.07. The number of carboxylic acid groups (broad SMARTS) is 1. The van der Waals surface area contributed by atoms with Crippen molar-refractivity contribution in [2.24, 2.45) is 0 Å². The summed E-state index contributed by atoms with van der Waals surface area (Å²) < 4.78 is 0. The molecule has 13 heavy (non-hydrogen) atoms. The van der Waals surface area contributed by atoms with Crippen molar-refractivity contribution in [2.45, 2.75) is 45.3 Å². The van der Waals surface area contributed by atoms with Crippen LogP contribution in [0.5, 0.6) is 0 Å². The quantitative estimate of drug-likeness (QED) is 0.519. The van der Waals surface area contributed by atoms with Gasteiger partial charge in [0.05, 0.1) is 0 Å². The molecule has 0 radical (unpaired) electrons. The predicted octanol–water partition coefficient (Wildman–Crippen LogP) is 2.51. The average Bonchev–Trinajstić information content (AvgIpc) is 1.82. The van der Waals surface area contributed by atoms with Crippen molar-refractivity contribution in [3.05, 3.63) is 0 Å². The third-order valence-electron chi connectivity index (χ3n) is 2.52. The zero-order valence-electron chi connectivity index (χ0n) is 9.06. The van der Waals surface area contributed by atoms with Crippen molar-refractivity contribution >= 4 is 14.0 Å². The number of rotatable bonds is 1. The number of carbonyl (C=O) groups is 1. The average molecular weight is 198 g/mol. The van der Waals surface area contributed by atoms with Crippen molar-refractivity contribution in [2.75, 3.05) is 0 Å². The second kappa shape index (κ2) is 3.97. The Balaban J connectivity index is 4.47. The van der Waals surface area contributed by atoms with Crippen LogP contribution in [0.2, 0.25) is 18.1 Å². The molecule has 0 aliphatic rings. The fourth-order valence-corrected chi connectivity index (χ4v) is 1.43. The Morgan fingerprint density at radius 2 is 1.85 bits per heavy atom. The molecule has 0 aliphatic heterocycles. The molecule has 0 unspecified atom stereocenters. The highest BCUT2D eigenvalue weighted by atomic mass is 28.3. The standard InChI is InChI=1S/C10H18O2Si/c1-10(2,3)13(4,5)8-6-7-9(11)12/h7H2,1-5H3,(H,11,12). The van der Waals surface area contributed by atoms with E-state index < -0.39 is 14.0 Å². The highest BCUT2D eigenvalue weighted by molar-refractivity contribution is 6.87. The highest BCUT2D eigenvalue weighted by Crippen LogP contribution is 2.35. The van der Waals surface area contributed by atoms with E-state index in [1.54, 1.807) is 0 Å². The van der Waals surface area contributed by atoms with Crippen molar-refractivity contribution in [1.29, 1.82) is 0 Å². The molecule has 0 bridgehead atoms. The maximum absolute atomic E-state index is 10.2. The number of hydrogen-bond donors (Lipinski definition) is 1. The Morgan fingerprint density at radius 1 is 1.38 bits per heavy atom. The minimum atomic E-state index is -1.60. The van der Waals surface area contributed by atoms with E-state index in [1.807, 2.05) is 0 Å². The third kappa shape index (κ3) is 4.14. The second-order valence-corrected chi connectivity index (χ2v) is 9.75. The monoisotopic (exact) mass is 198 g/mol. The number of hydrogen-bond acceptors (Lipinski definition) is 1. The van der Waals surface area contributed by atoms with E-state index >= 15 is 0 Å². The minimum absolute atomic E-state index is 0.0352. The van der Waals surface area contributed by atoms with E-state index in [2.05, 4.69) is 45.3 Å². The van der Waals surface area contributed by atoms with Crippen LogP contribution in [-0.2, 0) is 4.79 Å². The molecule has 2 nitrogen and oxygen atoms in total. The lowest BCUT2D eigenvalue weighted by Gasteiger charge is -2.31. The maximum Gasteiger partial charge on any atom is 0.315 e. The van der Waals surface area contributed by atoms with Crippen LogP contribution in [0.1, 0.15) is 27.2 Å². The van der Waals surface area contributed by atoms with Gasteiger partial charge in [0, 0.05) is 0 Å². The molecule has 0 saturated heterocycles. The smallest absolute Gasteiger partial charge is 0.315 e. The first kappa shape index (κ1) is 12.2. The summed E-state index contributed by atoms with van der Waals surface area (Å²) >= 11 is 0. The molecular weight excluding hydrogens is 180 g/mol. The molecule has 0 rings (SSSR count). The van der Waals surface area contributed by atoms with Crippen molar-refractivity contribution in [3.63, 3.8) is 0 Å². The van der Waals surface area contributed by atoms with Gasteiger partial charge in [0.25, 0.3) is 0 Å². The summed E-state index contributed by atoms with van der Waals surface area (Å²) in [5, 5.41) is 8.63. The Hall–Kier alpha value is -0.753. The van der Waals surface area contributed by atoms with Crippen LogP contribution in [0.25, 0.3) is 0 Å². The van der Waals surface area contributed by atoms with E-state index in [9.17, 15) is 4.79 Å². The molecule has 0 aromatic heterocycles. The molecule has 0 fully saturated rings. The summed E-state index contributed by atoms with van der Waals surface area (Å²) in [6.07, 6.45) is -0.0352. The maximum atomic E-state index is 10.2. The van der Waals surface area contributed by atoms with Gasteiger partial charge >= 0.3 is 5.97 Å². The van der Waals surface area contributed by atoms with Crippen molar-refractivity contribution in [1.82, 2.24) is 0 Å². The molecule has 0 aliphatic carbocycles. The van der Waals surface area contributed by atoms with Gasteiger partial charge in [-0.2, -0.15) is 0 Å². The van der Waals surface area contributed by atoms with Crippen LogP contribution in [-0.4, -0.2) is 19.1 Å². The lowest BCUT2D eigenvalue weighted by Crippen LogP contribution is -2.35. The van der Waals surface area contributed by atoms with Crippen LogP contribution >= 0.6 is 0 Å². The second-order valence-electron chi connectivity index (χ2n) is 4.75. The van der Waals surface area contributed by atoms with Crippen molar-refractivity contribution in [3.8, 4) is 11.5 Å². The van der Waals surface area contributed by atoms with Gasteiger partial charge in [-0.15, -0.1) is 5.54 Å². The summed E-state index contributed by atoms with van der Waals surface area (Å²) in [6, 6.07) is 0. The van der Waals surface area contributed by atoms with Crippen LogP contribution in [0.4, 0.5) is 0 Å². The first-order valence-electron chi connectivity index (χ1n) is 4.38. The molecule has 0 saturated carbocycles. The Labute approximate surface area is 81.4 Å². The molecule has 74 valence electrons. The number of aliphatic carboxylic acids is 1. The highest BCUT2D eigenvalue weighted by Gasteiger charge is 2.33. The van der Waals surface area contributed by atoms with E-state index in [-0.39, 0.29) is 11.5 Å². The number of carboxylic acids is 1. The molecule has 0 spiro atoms. The van der Waals surface area contributed by atoms with E-state index in [4.69, 9.17) is 5.11 Å². The molecule has 0 aromatic rings. The molecular formula is C10H18O2Si. The van der Waals surface area contributed by atoms with Gasteiger partial charge in [-0.25, -0.2) is 0 Å². The van der Waals surface area contributed by atoms with E-state index in [0.717, 1.165) is 0 Å². The van der Waals surface area contributed by atoms with E-state index in [1.165, 1.54) is 0 Å². The van der Waals surface area contributed by atoms with Crippen molar-refractivity contribution < 1.29 is 9.90 Å². The molecule has 0 amide bonds. The lowest BCUT2D eigenvalue weighted by atomic mass is 10.2. The molecule has 3 heteroatoms. The fraction of sp³-hybridized carbons (Fsp3) is 0.700. The SMILES string of the molecule is CC(C)(C)[Si](C)(C)C#CCC(=O)O. The zero-order chi connectivity index (χ0) is 10.7. The topological polar surface area (TPSA) is 37.3 Å². The first-order valence-corrected chi connectivity index (χ1v) is 7.38.